The maximum absolute atomic E-state index is 5.52. The third-order valence-corrected chi connectivity index (χ3v) is 2.91. The molecule has 0 saturated carbocycles. The van der Waals surface area contributed by atoms with Gasteiger partial charge in [-0.25, -0.2) is 9.97 Å². The fraction of sp³-hybridized carbons (Fsp3) is 0.300. The van der Waals surface area contributed by atoms with E-state index < -0.39 is 0 Å². The minimum Gasteiger partial charge on any atom is -0.369 e. The van der Waals surface area contributed by atoms with E-state index in [-0.39, 0.29) is 5.95 Å². The number of rotatable bonds is 4. The summed E-state index contributed by atoms with van der Waals surface area (Å²) in [6.07, 6.45) is 6.16. The van der Waals surface area contributed by atoms with Gasteiger partial charge in [-0.1, -0.05) is 0 Å². The Kier molecular flexibility index (Phi) is 3.58. The quantitative estimate of drug-likeness (QED) is 0.886. The van der Waals surface area contributed by atoms with Crippen LogP contribution in [0.2, 0.25) is 0 Å². The fourth-order valence-electron chi connectivity index (χ4n) is 1.43. The highest BCUT2D eigenvalue weighted by molar-refractivity contribution is 9.10. The Morgan fingerprint density at radius 3 is 3.00 bits per heavy atom. The summed E-state index contributed by atoms with van der Waals surface area (Å²) in [5.41, 5.74) is 5.52. The minimum atomic E-state index is 0.257. The molecule has 0 aliphatic heterocycles. The number of halogens is 1. The van der Waals surface area contributed by atoms with Gasteiger partial charge in [0.05, 0.1) is 4.47 Å². The molecule has 0 fully saturated rings. The summed E-state index contributed by atoms with van der Waals surface area (Å²) in [5.74, 6) is 1.98. The molecule has 0 saturated heterocycles. The van der Waals surface area contributed by atoms with Crippen LogP contribution in [-0.4, -0.2) is 26.1 Å². The number of aromatic nitrogens is 4. The molecule has 2 rings (SSSR count). The van der Waals surface area contributed by atoms with Crippen LogP contribution < -0.4 is 11.1 Å². The van der Waals surface area contributed by atoms with Crippen LogP contribution in [0.3, 0.4) is 0 Å². The first-order chi connectivity index (χ1) is 8.16. The Morgan fingerprint density at radius 1 is 1.47 bits per heavy atom. The summed E-state index contributed by atoms with van der Waals surface area (Å²) < 4.78 is 2.79. The molecule has 2 aromatic heterocycles. The number of nitrogens with zero attached hydrogens (tertiary/aromatic N) is 4. The molecule has 0 radical (unpaired) electrons. The van der Waals surface area contributed by atoms with Crippen LogP contribution in [0.4, 0.5) is 11.8 Å². The molecule has 0 aliphatic rings. The van der Waals surface area contributed by atoms with E-state index in [1.165, 1.54) is 0 Å². The molecular formula is C10H13BrN6. The van der Waals surface area contributed by atoms with Crippen LogP contribution in [0, 0.1) is 0 Å². The van der Waals surface area contributed by atoms with Crippen molar-refractivity contribution < 1.29 is 0 Å². The van der Waals surface area contributed by atoms with E-state index in [9.17, 15) is 0 Å². The van der Waals surface area contributed by atoms with Crippen molar-refractivity contribution >= 4 is 27.7 Å². The molecule has 0 aromatic carbocycles. The third-order valence-electron chi connectivity index (χ3n) is 2.32. The lowest BCUT2D eigenvalue weighted by Gasteiger charge is -2.07. The molecule has 0 bridgehead atoms. The first kappa shape index (κ1) is 11.8. The average Bonchev–Trinajstić information content (AvgIpc) is 2.70. The van der Waals surface area contributed by atoms with E-state index in [4.69, 9.17) is 5.73 Å². The van der Waals surface area contributed by atoms with Gasteiger partial charge in [0.15, 0.2) is 0 Å². The molecular weight excluding hydrogens is 284 g/mol. The second-order valence-electron chi connectivity index (χ2n) is 3.56. The molecule has 0 unspecified atom stereocenters. The highest BCUT2D eigenvalue weighted by Gasteiger charge is 2.03. The summed E-state index contributed by atoms with van der Waals surface area (Å²) in [7, 11) is 1.97. The van der Waals surface area contributed by atoms with Crippen molar-refractivity contribution in [3.63, 3.8) is 0 Å². The molecule has 3 N–H and O–H groups in total. The summed E-state index contributed by atoms with van der Waals surface area (Å²) in [5, 5.41) is 3.19. The SMILES string of the molecule is Cn1ccnc1CCNc1nc(N)ncc1Br. The third kappa shape index (κ3) is 2.94. The molecule has 0 amide bonds. The maximum Gasteiger partial charge on any atom is 0.221 e. The van der Waals surface area contributed by atoms with Crippen molar-refractivity contribution in [3.8, 4) is 0 Å². The number of nitrogens with one attached hydrogen (secondary N) is 1. The van der Waals surface area contributed by atoms with E-state index >= 15 is 0 Å². The van der Waals surface area contributed by atoms with Gasteiger partial charge >= 0.3 is 0 Å². The Hall–Kier alpha value is -1.63. The van der Waals surface area contributed by atoms with Gasteiger partial charge in [-0.05, 0) is 15.9 Å². The summed E-state index contributed by atoms with van der Waals surface area (Å²) in [6.45, 7) is 0.736. The molecule has 0 atom stereocenters. The number of aryl methyl sites for hydroxylation is 1. The molecule has 17 heavy (non-hydrogen) atoms. The number of nitrogens with two attached hydrogens (primary N) is 1. The van der Waals surface area contributed by atoms with Crippen molar-refractivity contribution in [1.82, 2.24) is 19.5 Å². The minimum absolute atomic E-state index is 0.257. The number of imidazole rings is 1. The molecule has 0 spiro atoms. The molecule has 7 heteroatoms. The van der Waals surface area contributed by atoms with E-state index in [2.05, 4.69) is 36.2 Å². The normalized spacial score (nSPS) is 10.5. The number of nitrogen functional groups attached to an aromatic ring is 1. The zero-order valence-electron chi connectivity index (χ0n) is 9.39. The van der Waals surface area contributed by atoms with Gasteiger partial charge in [-0.3, -0.25) is 0 Å². The fourth-order valence-corrected chi connectivity index (χ4v) is 1.77. The zero-order valence-corrected chi connectivity index (χ0v) is 11.0. The van der Waals surface area contributed by atoms with Crippen molar-refractivity contribution in [3.05, 3.63) is 28.9 Å². The van der Waals surface area contributed by atoms with Gasteiger partial charge in [0.25, 0.3) is 0 Å². The molecule has 2 heterocycles. The first-order valence-electron chi connectivity index (χ1n) is 5.15. The standard InChI is InChI=1S/C10H13BrN6/c1-17-5-4-13-8(17)2-3-14-9-7(11)6-15-10(12)16-9/h4-6H,2-3H2,1H3,(H3,12,14,15,16). The number of anilines is 2. The van der Waals surface area contributed by atoms with E-state index in [0.717, 1.165) is 23.3 Å². The van der Waals surface area contributed by atoms with Crippen LogP contribution in [-0.2, 0) is 13.5 Å². The van der Waals surface area contributed by atoms with E-state index in [1.54, 1.807) is 12.4 Å². The highest BCUT2D eigenvalue weighted by Crippen LogP contribution is 2.18. The lowest BCUT2D eigenvalue weighted by Crippen LogP contribution is -2.11. The van der Waals surface area contributed by atoms with Gasteiger partial charge in [-0.2, -0.15) is 4.98 Å². The summed E-state index contributed by atoms with van der Waals surface area (Å²) >= 11 is 3.36. The van der Waals surface area contributed by atoms with Crippen LogP contribution in [0.15, 0.2) is 23.1 Å². The van der Waals surface area contributed by atoms with Gasteiger partial charge in [-0.15, -0.1) is 0 Å². The number of hydrogen-bond acceptors (Lipinski definition) is 5. The summed E-state index contributed by atoms with van der Waals surface area (Å²) in [6, 6.07) is 0. The van der Waals surface area contributed by atoms with Crippen LogP contribution >= 0.6 is 15.9 Å². The smallest absolute Gasteiger partial charge is 0.221 e. The van der Waals surface area contributed by atoms with Crippen molar-refractivity contribution in [1.29, 1.82) is 0 Å². The molecule has 2 aromatic rings. The number of hydrogen-bond donors (Lipinski definition) is 2. The van der Waals surface area contributed by atoms with Crippen molar-refractivity contribution in [2.45, 2.75) is 6.42 Å². The first-order valence-corrected chi connectivity index (χ1v) is 5.94. The van der Waals surface area contributed by atoms with E-state index in [1.807, 2.05) is 17.8 Å². The van der Waals surface area contributed by atoms with Crippen LogP contribution in [0.25, 0.3) is 0 Å². The second-order valence-corrected chi connectivity index (χ2v) is 4.41. The van der Waals surface area contributed by atoms with Crippen molar-refractivity contribution in [2.24, 2.45) is 7.05 Å². The van der Waals surface area contributed by atoms with Gasteiger partial charge in [0.2, 0.25) is 5.95 Å². The van der Waals surface area contributed by atoms with Gasteiger partial charge in [0.1, 0.15) is 11.6 Å². The highest BCUT2D eigenvalue weighted by atomic mass is 79.9. The predicted molar refractivity (Wildman–Crippen MR) is 69.5 cm³/mol. The van der Waals surface area contributed by atoms with Gasteiger partial charge in [0, 0.05) is 38.6 Å². The average molecular weight is 297 g/mol. The summed E-state index contributed by atoms with van der Waals surface area (Å²) in [4.78, 5) is 12.2. The Balaban J connectivity index is 1.94. The predicted octanol–water partition coefficient (Wildman–Crippen LogP) is 1.21. The lowest BCUT2D eigenvalue weighted by atomic mass is 10.4. The Labute approximate surface area is 107 Å². The lowest BCUT2D eigenvalue weighted by molar-refractivity contribution is 0.788. The molecule has 6 nitrogen and oxygen atoms in total. The molecule has 90 valence electrons. The zero-order chi connectivity index (χ0) is 12.3. The Bertz CT molecular complexity index is 509. The van der Waals surface area contributed by atoms with Gasteiger partial charge < -0.3 is 15.6 Å². The van der Waals surface area contributed by atoms with Crippen LogP contribution in [0.5, 0.6) is 0 Å². The topological polar surface area (TPSA) is 81.7 Å². The monoisotopic (exact) mass is 296 g/mol. The molecule has 0 aliphatic carbocycles. The second kappa shape index (κ2) is 5.13. The largest absolute Gasteiger partial charge is 0.369 e. The Morgan fingerprint density at radius 2 is 2.29 bits per heavy atom. The van der Waals surface area contributed by atoms with Crippen LogP contribution in [0.1, 0.15) is 5.82 Å². The van der Waals surface area contributed by atoms with Crippen molar-refractivity contribution in [2.75, 3.05) is 17.6 Å². The maximum atomic E-state index is 5.52. The van der Waals surface area contributed by atoms with E-state index in [0.29, 0.717) is 5.82 Å².